The minimum absolute atomic E-state index is 0.228. The first-order chi connectivity index (χ1) is 7.86. The van der Waals surface area contributed by atoms with Crippen LogP contribution in [0.1, 0.15) is 40.5 Å². The number of carbonyl (C=O) groups is 2. The third-order valence-electron chi connectivity index (χ3n) is 2.62. The second-order valence-electron chi connectivity index (χ2n) is 4.89. The molecular formula is C12H24N2O3. The number of carboxylic acid groups (broad SMARTS) is 1. The van der Waals surface area contributed by atoms with Crippen LogP contribution in [0.25, 0.3) is 0 Å². The molecule has 100 valence electrons. The molecule has 0 saturated carbocycles. The quantitative estimate of drug-likeness (QED) is 0.639. The molecule has 0 aliphatic heterocycles. The monoisotopic (exact) mass is 244 g/mol. The summed E-state index contributed by atoms with van der Waals surface area (Å²) >= 11 is 0. The fourth-order valence-corrected chi connectivity index (χ4v) is 1.31. The van der Waals surface area contributed by atoms with E-state index in [4.69, 9.17) is 5.11 Å². The van der Waals surface area contributed by atoms with Gasteiger partial charge in [-0.3, -0.25) is 0 Å². The summed E-state index contributed by atoms with van der Waals surface area (Å²) in [5.41, 5.74) is 0. The van der Waals surface area contributed by atoms with Crippen LogP contribution in [0.5, 0.6) is 0 Å². The number of hydrogen-bond donors (Lipinski definition) is 3. The van der Waals surface area contributed by atoms with Crippen LogP contribution in [0.15, 0.2) is 0 Å². The molecule has 0 spiro atoms. The average Bonchev–Trinajstić information content (AvgIpc) is 2.24. The maximum atomic E-state index is 11.5. The van der Waals surface area contributed by atoms with E-state index in [-0.39, 0.29) is 5.92 Å². The highest BCUT2D eigenvalue weighted by molar-refractivity contribution is 5.82. The predicted octanol–water partition coefficient (Wildman–Crippen LogP) is 1.83. The van der Waals surface area contributed by atoms with Gasteiger partial charge in [-0.15, -0.1) is 0 Å². The zero-order valence-corrected chi connectivity index (χ0v) is 11.1. The van der Waals surface area contributed by atoms with E-state index in [1.807, 2.05) is 27.7 Å². The molecule has 0 rings (SSSR count). The van der Waals surface area contributed by atoms with Gasteiger partial charge in [0, 0.05) is 6.54 Å². The Morgan fingerprint density at radius 1 is 1.24 bits per heavy atom. The minimum atomic E-state index is -0.989. The molecule has 0 aliphatic rings. The molecule has 3 N–H and O–H groups in total. The minimum Gasteiger partial charge on any atom is -0.480 e. The lowest BCUT2D eigenvalue weighted by Gasteiger charge is -2.17. The van der Waals surface area contributed by atoms with Crippen LogP contribution < -0.4 is 10.6 Å². The van der Waals surface area contributed by atoms with Crippen molar-refractivity contribution in [1.82, 2.24) is 10.6 Å². The van der Waals surface area contributed by atoms with Crippen LogP contribution >= 0.6 is 0 Å². The molecule has 2 atom stereocenters. The summed E-state index contributed by atoms with van der Waals surface area (Å²) in [6, 6.07) is -1.22. The molecule has 0 bridgehead atoms. The lowest BCUT2D eigenvalue weighted by Crippen LogP contribution is -2.47. The first-order valence-electron chi connectivity index (χ1n) is 6.13. The summed E-state index contributed by atoms with van der Waals surface area (Å²) in [6.07, 6.45) is 1.42. The first-order valence-corrected chi connectivity index (χ1v) is 6.13. The van der Waals surface area contributed by atoms with Crippen molar-refractivity contribution in [3.63, 3.8) is 0 Å². The Labute approximate surface area is 103 Å². The van der Waals surface area contributed by atoms with Gasteiger partial charge in [0.15, 0.2) is 0 Å². The molecule has 0 aromatic carbocycles. The van der Waals surface area contributed by atoms with Gasteiger partial charge in [-0.2, -0.15) is 0 Å². The third-order valence-corrected chi connectivity index (χ3v) is 2.62. The number of rotatable bonds is 7. The number of carboxylic acids is 1. The van der Waals surface area contributed by atoms with Gasteiger partial charge < -0.3 is 15.7 Å². The van der Waals surface area contributed by atoms with Crippen molar-refractivity contribution in [3.05, 3.63) is 0 Å². The zero-order chi connectivity index (χ0) is 13.4. The Bertz CT molecular complexity index is 254. The summed E-state index contributed by atoms with van der Waals surface area (Å²) in [5.74, 6) is -0.363. The number of aliphatic carboxylic acids is 1. The summed E-state index contributed by atoms with van der Waals surface area (Å²) in [6.45, 7) is 8.49. The second-order valence-corrected chi connectivity index (χ2v) is 4.89. The number of nitrogens with one attached hydrogen (secondary N) is 2. The third kappa shape index (κ3) is 7.60. The molecule has 0 aliphatic carbocycles. The molecule has 17 heavy (non-hydrogen) atoms. The van der Waals surface area contributed by atoms with Crippen LogP contribution in [0.3, 0.4) is 0 Å². The van der Waals surface area contributed by atoms with Gasteiger partial charge in [0.05, 0.1) is 0 Å². The lowest BCUT2D eigenvalue weighted by molar-refractivity contribution is -0.139. The summed E-state index contributed by atoms with van der Waals surface area (Å²) in [4.78, 5) is 22.4. The topological polar surface area (TPSA) is 78.4 Å². The van der Waals surface area contributed by atoms with Crippen LogP contribution in [0.4, 0.5) is 4.79 Å². The Hall–Kier alpha value is -1.26. The Morgan fingerprint density at radius 3 is 2.24 bits per heavy atom. The van der Waals surface area contributed by atoms with Crippen molar-refractivity contribution in [1.29, 1.82) is 0 Å². The fraction of sp³-hybridized carbons (Fsp3) is 0.833. The van der Waals surface area contributed by atoms with Crippen LogP contribution in [0, 0.1) is 11.8 Å². The van der Waals surface area contributed by atoms with Crippen molar-refractivity contribution in [2.75, 3.05) is 6.54 Å². The van der Waals surface area contributed by atoms with Crippen LogP contribution in [-0.4, -0.2) is 29.7 Å². The highest BCUT2D eigenvalue weighted by Gasteiger charge is 2.20. The first kappa shape index (κ1) is 15.7. The SMILES string of the molecule is CCC(C)CNC(=O)N[C@H](CC(C)C)C(=O)O. The van der Waals surface area contributed by atoms with Gasteiger partial charge in [0.25, 0.3) is 0 Å². The molecule has 0 radical (unpaired) electrons. The van der Waals surface area contributed by atoms with E-state index in [0.717, 1.165) is 6.42 Å². The highest BCUT2D eigenvalue weighted by atomic mass is 16.4. The molecule has 2 amide bonds. The molecule has 0 aromatic rings. The summed E-state index contributed by atoms with van der Waals surface area (Å²) in [7, 11) is 0. The van der Waals surface area contributed by atoms with Gasteiger partial charge in [-0.25, -0.2) is 9.59 Å². The highest BCUT2D eigenvalue weighted by Crippen LogP contribution is 2.04. The van der Waals surface area contributed by atoms with Gasteiger partial charge in [-0.05, 0) is 18.3 Å². The van der Waals surface area contributed by atoms with Crippen molar-refractivity contribution in [2.24, 2.45) is 11.8 Å². The van der Waals surface area contributed by atoms with Gasteiger partial charge in [0.1, 0.15) is 6.04 Å². The van der Waals surface area contributed by atoms with Gasteiger partial charge in [0.2, 0.25) is 0 Å². The molecular weight excluding hydrogens is 220 g/mol. The number of amides is 2. The van der Waals surface area contributed by atoms with Crippen molar-refractivity contribution in [2.45, 2.75) is 46.6 Å². The molecule has 1 unspecified atom stereocenters. The Balaban J connectivity index is 4.08. The van der Waals surface area contributed by atoms with Crippen LogP contribution in [0.2, 0.25) is 0 Å². The van der Waals surface area contributed by atoms with Crippen molar-refractivity contribution >= 4 is 12.0 Å². The molecule has 0 aromatic heterocycles. The molecule has 0 fully saturated rings. The van der Waals surface area contributed by atoms with E-state index in [1.165, 1.54) is 0 Å². The van der Waals surface area contributed by atoms with E-state index in [2.05, 4.69) is 10.6 Å². The number of hydrogen-bond acceptors (Lipinski definition) is 2. The average molecular weight is 244 g/mol. The van der Waals surface area contributed by atoms with Crippen LogP contribution in [-0.2, 0) is 4.79 Å². The normalized spacial score (nSPS) is 14.2. The van der Waals surface area contributed by atoms with Gasteiger partial charge in [-0.1, -0.05) is 34.1 Å². The second kappa shape index (κ2) is 7.92. The molecule has 0 heterocycles. The summed E-state index contributed by atoms with van der Waals surface area (Å²) in [5, 5.41) is 14.1. The smallest absolute Gasteiger partial charge is 0.326 e. The molecule has 0 saturated heterocycles. The number of urea groups is 1. The maximum Gasteiger partial charge on any atom is 0.326 e. The van der Waals surface area contributed by atoms with Crippen molar-refractivity contribution in [3.8, 4) is 0 Å². The van der Waals surface area contributed by atoms with Crippen molar-refractivity contribution < 1.29 is 14.7 Å². The predicted molar refractivity (Wildman–Crippen MR) is 66.9 cm³/mol. The van der Waals surface area contributed by atoms with E-state index in [9.17, 15) is 9.59 Å². The molecule has 5 nitrogen and oxygen atoms in total. The van der Waals surface area contributed by atoms with E-state index in [0.29, 0.717) is 18.9 Å². The van der Waals surface area contributed by atoms with E-state index >= 15 is 0 Å². The standard InChI is InChI=1S/C12H24N2O3/c1-5-9(4)7-13-12(17)14-10(11(15)16)6-8(2)3/h8-10H,5-7H2,1-4H3,(H,15,16)(H2,13,14,17)/t9?,10-/m1/s1. The molecule has 5 heteroatoms. The largest absolute Gasteiger partial charge is 0.480 e. The Morgan fingerprint density at radius 2 is 1.82 bits per heavy atom. The maximum absolute atomic E-state index is 11.5. The lowest BCUT2D eigenvalue weighted by atomic mass is 10.0. The van der Waals surface area contributed by atoms with E-state index in [1.54, 1.807) is 0 Å². The zero-order valence-electron chi connectivity index (χ0n) is 11.1. The fourth-order valence-electron chi connectivity index (χ4n) is 1.31. The Kier molecular flexibility index (Phi) is 7.34. The number of carbonyl (C=O) groups excluding carboxylic acids is 1. The summed E-state index contributed by atoms with van der Waals surface area (Å²) < 4.78 is 0. The van der Waals surface area contributed by atoms with Gasteiger partial charge >= 0.3 is 12.0 Å². The van der Waals surface area contributed by atoms with E-state index < -0.39 is 18.0 Å².